The Morgan fingerprint density at radius 1 is 0.808 bits per heavy atom. The Labute approximate surface area is 151 Å². The van der Waals surface area contributed by atoms with Gasteiger partial charge in [0, 0.05) is 49.8 Å². The maximum atomic E-state index is 12.8. The van der Waals surface area contributed by atoms with Crippen molar-refractivity contribution < 1.29 is 14.0 Å². The van der Waals surface area contributed by atoms with Crippen LogP contribution in [0, 0.1) is 0 Å². The number of hydrogen-bond donors (Lipinski definition) is 0. The lowest BCUT2D eigenvalue weighted by molar-refractivity contribution is 0.0535. The normalized spacial score (nSPS) is 14.5. The zero-order valence-electron chi connectivity index (χ0n) is 14.2. The molecule has 3 aromatic rings. The third kappa shape index (κ3) is 3.13. The average molecular weight is 349 g/mol. The SMILES string of the molecule is O=C(c1ccoc1)N1CCN(C(=O)c2cccc(-n3cccc3)c2)CC1. The van der Waals surface area contributed by atoms with Crippen LogP contribution >= 0.6 is 0 Å². The molecule has 1 aromatic carbocycles. The molecule has 0 unspecified atom stereocenters. The van der Waals surface area contributed by atoms with E-state index in [-0.39, 0.29) is 11.8 Å². The second kappa shape index (κ2) is 6.92. The molecule has 1 aliphatic heterocycles. The first-order valence-electron chi connectivity index (χ1n) is 8.56. The number of amides is 2. The summed E-state index contributed by atoms with van der Waals surface area (Å²) in [4.78, 5) is 28.7. The van der Waals surface area contributed by atoms with Crippen LogP contribution < -0.4 is 0 Å². The summed E-state index contributed by atoms with van der Waals surface area (Å²) in [5.74, 6) is -0.0603. The molecular weight excluding hydrogens is 330 g/mol. The summed E-state index contributed by atoms with van der Waals surface area (Å²) >= 11 is 0. The lowest BCUT2D eigenvalue weighted by Crippen LogP contribution is -2.50. The Bertz CT molecular complexity index is 892. The number of rotatable bonds is 3. The van der Waals surface area contributed by atoms with Crippen molar-refractivity contribution in [2.75, 3.05) is 26.2 Å². The standard InChI is InChI=1S/C20H19N3O3/c24-19(16-4-3-5-18(14-16)21-7-1-2-8-21)22-9-11-23(12-10-22)20(25)17-6-13-26-15-17/h1-8,13-15H,9-12H2. The maximum Gasteiger partial charge on any atom is 0.257 e. The van der Waals surface area contributed by atoms with E-state index in [9.17, 15) is 9.59 Å². The first-order chi connectivity index (χ1) is 12.7. The summed E-state index contributed by atoms with van der Waals surface area (Å²) in [5.41, 5.74) is 2.16. The number of carbonyl (C=O) groups excluding carboxylic acids is 2. The van der Waals surface area contributed by atoms with E-state index in [0.717, 1.165) is 5.69 Å². The minimum atomic E-state index is -0.0551. The molecule has 1 fully saturated rings. The van der Waals surface area contributed by atoms with Gasteiger partial charge in [-0.05, 0) is 36.4 Å². The van der Waals surface area contributed by atoms with Gasteiger partial charge < -0.3 is 18.8 Å². The number of piperazine rings is 1. The summed E-state index contributed by atoms with van der Waals surface area (Å²) in [6, 6.07) is 13.1. The molecule has 6 nitrogen and oxygen atoms in total. The smallest absolute Gasteiger partial charge is 0.257 e. The predicted molar refractivity (Wildman–Crippen MR) is 96.3 cm³/mol. The summed E-state index contributed by atoms with van der Waals surface area (Å²) in [5, 5.41) is 0. The van der Waals surface area contributed by atoms with Crippen molar-refractivity contribution in [3.8, 4) is 5.69 Å². The monoisotopic (exact) mass is 349 g/mol. The molecule has 1 saturated heterocycles. The van der Waals surface area contributed by atoms with Crippen LogP contribution in [0.15, 0.2) is 71.8 Å². The molecule has 4 rings (SSSR count). The first kappa shape index (κ1) is 16.2. The number of carbonyl (C=O) groups is 2. The fourth-order valence-corrected chi connectivity index (χ4v) is 3.17. The van der Waals surface area contributed by atoms with E-state index in [1.54, 1.807) is 15.9 Å². The van der Waals surface area contributed by atoms with Crippen LogP contribution in [0.4, 0.5) is 0 Å². The zero-order valence-corrected chi connectivity index (χ0v) is 14.2. The van der Waals surface area contributed by atoms with E-state index in [4.69, 9.17) is 4.42 Å². The van der Waals surface area contributed by atoms with Gasteiger partial charge in [-0.3, -0.25) is 9.59 Å². The highest BCUT2D eigenvalue weighted by molar-refractivity contribution is 5.96. The van der Waals surface area contributed by atoms with E-state index in [1.807, 2.05) is 53.4 Å². The second-order valence-corrected chi connectivity index (χ2v) is 6.24. The van der Waals surface area contributed by atoms with Crippen LogP contribution in [0.25, 0.3) is 5.69 Å². The van der Waals surface area contributed by atoms with Crippen molar-refractivity contribution in [3.05, 3.63) is 78.5 Å². The van der Waals surface area contributed by atoms with Crippen LogP contribution in [-0.2, 0) is 0 Å². The third-order valence-corrected chi connectivity index (χ3v) is 4.62. The van der Waals surface area contributed by atoms with Gasteiger partial charge >= 0.3 is 0 Å². The summed E-state index contributed by atoms with van der Waals surface area (Å²) < 4.78 is 6.94. The van der Waals surface area contributed by atoms with Crippen molar-refractivity contribution in [1.29, 1.82) is 0 Å². The van der Waals surface area contributed by atoms with Gasteiger partial charge in [0.25, 0.3) is 11.8 Å². The Kier molecular flexibility index (Phi) is 4.31. The van der Waals surface area contributed by atoms with Crippen molar-refractivity contribution >= 4 is 11.8 Å². The third-order valence-electron chi connectivity index (χ3n) is 4.62. The molecule has 132 valence electrons. The molecule has 0 spiro atoms. The van der Waals surface area contributed by atoms with Crippen molar-refractivity contribution in [2.24, 2.45) is 0 Å². The van der Waals surface area contributed by atoms with Gasteiger partial charge in [-0.1, -0.05) is 6.07 Å². The number of aromatic nitrogens is 1. The summed E-state index contributed by atoms with van der Waals surface area (Å²) in [6.07, 6.45) is 6.84. The maximum absolute atomic E-state index is 12.8. The molecule has 6 heteroatoms. The van der Waals surface area contributed by atoms with Gasteiger partial charge in [0.15, 0.2) is 0 Å². The van der Waals surface area contributed by atoms with Crippen LogP contribution in [0.2, 0.25) is 0 Å². The average Bonchev–Trinajstić information content (AvgIpc) is 3.41. The lowest BCUT2D eigenvalue weighted by atomic mass is 10.1. The molecule has 0 bridgehead atoms. The summed E-state index contributed by atoms with van der Waals surface area (Å²) in [7, 11) is 0. The molecule has 2 amide bonds. The molecule has 0 aliphatic carbocycles. The molecule has 3 heterocycles. The van der Waals surface area contributed by atoms with Gasteiger partial charge in [0.05, 0.1) is 11.8 Å². The highest BCUT2D eigenvalue weighted by atomic mass is 16.3. The molecule has 26 heavy (non-hydrogen) atoms. The zero-order chi connectivity index (χ0) is 17.9. The molecule has 2 aromatic heterocycles. The first-order valence-corrected chi connectivity index (χ1v) is 8.56. The number of furan rings is 1. The van der Waals surface area contributed by atoms with Crippen molar-refractivity contribution in [2.45, 2.75) is 0 Å². The van der Waals surface area contributed by atoms with E-state index in [0.29, 0.717) is 37.3 Å². The van der Waals surface area contributed by atoms with Gasteiger partial charge in [0.1, 0.15) is 6.26 Å². The van der Waals surface area contributed by atoms with Gasteiger partial charge in [0.2, 0.25) is 0 Å². The minimum Gasteiger partial charge on any atom is -0.472 e. The molecule has 0 radical (unpaired) electrons. The largest absolute Gasteiger partial charge is 0.472 e. The highest BCUT2D eigenvalue weighted by Crippen LogP contribution is 2.15. The minimum absolute atomic E-state index is 0.00517. The Balaban J connectivity index is 1.42. The van der Waals surface area contributed by atoms with Gasteiger partial charge in [-0.15, -0.1) is 0 Å². The Hall–Kier alpha value is -3.28. The number of benzene rings is 1. The predicted octanol–water partition coefficient (Wildman–Crippen LogP) is 2.67. The van der Waals surface area contributed by atoms with E-state index < -0.39 is 0 Å². The second-order valence-electron chi connectivity index (χ2n) is 6.24. The quantitative estimate of drug-likeness (QED) is 0.730. The van der Waals surface area contributed by atoms with Crippen LogP contribution in [0.5, 0.6) is 0 Å². The molecule has 0 N–H and O–H groups in total. The van der Waals surface area contributed by atoms with Gasteiger partial charge in [-0.2, -0.15) is 0 Å². The Morgan fingerprint density at radius 3 is 2.08 bits per heavy atom. The van der Waals surface area contributed by atoms with Crippen LogP contribution in [0.3, 0.4) is 0 Å². The van der Waals surface area contributed by atoms with E-state index in [1.165, 1.54) is 12.5 Å². The lowest BCUT2D eigenvalue weighted by Gasteiger charge is -2.34. The molecular formula is C20H19N3O3. The summed E-state index contributed by atoms with van der Waals surface area (Å²) in [6.45, 7) is 2.09. The van der Waals surface area contributed by atoms with Gasteiger partial charge in [-0.25, -0.2) is 0 Å². The Morgan fingerprint density at radius 2 is 1.46 bits per heavy atom. The molecule has 0 atom stereocenters. The fourth-order valence-electron chi connectivity index (χ4n) is 3.17. The van der Waals surface area contributed by atoms with Crippen molar-refractivity contribution in [3.63, 3.8) is 0 Å². The number of nitrogens with zero attached hydrogens (tertiary/aromatic N) is 3. The fraction of sp³-hybridized carbons (Fsp3) is 0.200. The van der Waals surface area contributed by atoms with Crippen molar-refractivity contribution in [1.82, 2.24) is 14.4 Å². The highest BCUT2D eigenvalue weighted by Gasteiger charge is 2.26. The van der Waals surface area contributed by atoms with Crippen LogP contribution in [-0.4, -0.2) is 52.4 Å². The molecule has 1 aliphatic rings. The van der Waals surface area contributed by atoms with Crippen LogP contribution in [0.1, 0.15) is 20.7 Å². The van der Waals surface area contributed by atoms with E-state index >= 15 is 0 Å². The number of hydrogen-bond acceptors (Lipinski definition) is 3. The van der Waals surface area contributed by atoms with E-state index in [2.05, 4.69) is 0 Å². The molecule has 0 saturated carbocycles. The topological polar surface area (TPSA) is 58.7 Å².